The molecule has 0 amide bonds. The number of aryl methyl sites for hydroxylation is 1. The number of anilines is 1. The number of hydrogen-bond donors (Lipinski definition) is 1. The summed E-state index contributed by atoms with van der Waals surface area (Å²) >= 11 is 5.68. The lowest BCUT2D eigenvalue weighted by atomic mass is 10.1. The molecule has 5 heteroatoms. The summed E-state index contributed by atoms with van der Waals surface area (Å²) < 4.78 is 0. The van der Waals surface area contributed by atoms with Crippen molar-refractivity contribution in [1.82, 2.24) is 15.0 Å². The van der Waals surface area contributed by atoms with Crippen LogP contribution in [0, 0.1) is 6.92 Å². The van der Waals surface area contributed by atoms with Crippen molar-refractivity contribution in [2.75, 3.05) is 5.32 Å². The number of halogens is 1. The maximum Gasteiger partial charge on any atom is 0.227 e. The monoisotopic (exact) mass is 200 g/mol. The molecule has 0 spiro atoms. The summed E-state index contributed by atoms with van der Waals surface area (Å²) in [5, 5.41) is 3.34. The van der Waals surface area contributed by atoms with Gasteiger partial charge in [-0.15, -0.1) is 0 Å². The van der Waals surface area contributed by atoms with Crippen molar-refractivity contribution in [3.05, 3.63) is 11.1 Å². The highest BCUT2D eigenvalue weighted by molar-refractivity contribution is 6.28. The lowest BCUT2D eigenvalue weighted by molar-refractivity contribution is 0.624. The molecule has 0 aliphatic rings. The molecule has 1 rings (SSSR count). The minimum absolute atomic E-state index is 0.0723. The van der Waals surface area contributed by atoms with Crippen LogP contribution in [0.4, 0.5) is 5.95 Å². The first-order valence-electron chi connectivity index (χ1n) is 4.03. The van der Waals surface area contributed by atoms with Crippen LogP contribution in [-0.2, 0) is 0 Å². The Morgan fingerprint density at radius 2 is 1.77 bits per heavy atom. The van der Waals surface area contributed by atoms with E-state index in [4.69, 9.17) is 11.6 Å². The third kappa shape index (κ3) is 3.55. The van der Waals surface area contributed by atoms with Crippen molar-refractivity contribution < 1.29 is 0 Å². The van der Waals surface area contributed by atoms with Gasteiger partial charge in [0.2, 0.25) is 11.2 Å². The van der Waals surface area contributed by atoms with E-state index in [0.717, 1.165) is 0 Å². The van der Waals surface area contributed by atoms with Gasteiger partial charge in [0.15, 0.2) is 0 Å². The first-order chi connectivity index (χ1) is 5.87. The quantitative estimate of drug-likeness (QED) is 0.754. The molecule has 1 aromatic rings. The fraction of sp³-hybridized carbons (Fsp3) is 0.625. The lowest BCUT2D eigenvalue weighted by Crippen LogP contribution is -2.27. The molecule has 4 nitrogen and oxygen atoms in total. The predicted molar refractivity (Wildman–Crippen MR) is 52.9 cm³/mol. The van der Waals surface area contributed by atoms with E-state index in [1.165, 1.54) is 0 Å². The molecule has 0 aliphatic heterocycles. The minimum atomic E-state index is -0.0723. The average Bonchev–Trinajstić information content (AvgIpc) is 1.78. The zero-order valence-corrected chi connectivity index (χ0v) is 8.98. The van der Waals surface area contributed by atoms with Gasteiger partial charge in [-0.1, -0.05) is 0 Å². The Morgan fingerprint density at radius 3 is 2.23 bits per heavy atom. The molecule has 0 fully saturated rings. The second-order valence-electron chi connectivity index (χ2n) is 3.85. The van der Waals surface area contributed by atoms with E-state index in [1.807, 2.05) is 20.8 Å². The van der Waals surface area contributed by atoms with Crippen LogP contribution in [0.15, 0.2) is 0 Å². The summed E-state index contributed by atoms with van der Waals surface area (Å²) in [5.41, 5.74) is -0.0723. The van der Waals surface area contributed by atoms with Crippen LogP contribution in [0.3, 0.4) is 0 Å². The molecule has 72 valence electrons. The molecule has 1 heterocycles. The Labute approximate surface area is 82.8 Å². The number of hydrogen-bond acceptors (Lipinski definition) is 4. The zero-order chi connectivity index (χ0) is 10.1. The first kappa shape index (κ1) is 10.2. The molecule has 1 aromatic heterocycles. The van der Waals surface area contributed by atoms with Crippen molar-refractivity contribution >= 4 is 17.5 Å². The summed E-state index contributed by atoms with van der Waals surface area (Å²) in [6, 6.07) is 0. The average molecular weight is 201 g/mol. The Hall–Kier alpha value is -0.900. The normalized spacial score (nSPS) is 11.5. The maximum atomic E-state index is 5.68. The van der Waals surface area contributed by atoms with Crippen molar-refractivity contribution in [2.24, 2.45) is 0 Å². The molecule has 0 saturated carbocycles. The van der Waals surface area contributed by atoms with Gasteiger partial charge in [-0.3, -0.25) is 0 Å². The van der Waals surface area contributed by atoms with Crippen LogP contribution in [-0.4, -0.2) is 20.5 Å². The zero-order valence-electron chi connectivity index (χ0n) is 8.22. The van der Waals surface area contributed by atoms with Gasteiger partial charge in [-0.2, -0.15) is 9.97 Å². The van der Waals surface area contributed by atoms with E-state index in [9.17, 15) is 0 Å². The van der Waals surface area contributed by atoms with Crippen LogP contribution < -0.4 is 5.32 Å². The summed E-state index contributed by atoms with van der Waals surface area (Å²) in [4.78, 5) is 11.9. The minimum Gasteiger partial charge on any atom is -0.349 e. The van der Waals surface area contributed by atoms with Gasteiger partial charge in [0.25, 0.3) is 0 Å². The molecule has 0 unspecified atom stereocenters. The van der Waals surface area contributed by atoms with E-state index in [1.54, 1.807) is 6.92 Å². The summed E-state index contributed by atoms with van der Waals surface area (Å²) in [6.45, 7) is 7.86. The molecule has 0 saturated heterocycles. The molecular weight excluding hydrogens is 188 g/mol. The van der Waals surface area contributed by atoms with Gasteiger partial charge >= 0.3 is 0 Å². The lowest BCUT2D eigenvalue weighted by Gasteiger charge is -2.20. The first-order valence-corrected chi connectivity index (χ1v) is 4.41. The molecule has 0 bridgehead atoms. The second kappa shape index (κ2) is 3.46. The standard InChI is InChI=1S/C8H13ClN4/c1-5-10-6(9)12-7(11-5)13-8(2,3)4/h1-4H3,(H,10,11,12,13). The van der Waals surface area contributed by atoms with E-state index < -0.39 is 0 Å². The second-order valence-corrected chi connectivity index (χ2v) is 4.19. The third-order valence-corrected chi connectivity index (χ3v) is 1.38. The molecule has 0 radical (unpaired) electrons. The van der Waals surface area contributed by atoms with Gasteiger partial charge in [0.1, 0.15) is 5.82 Å². The van der Waals surface area contributed by atoms with Gasteiger partial charge in [-0.25, -0.2) is 4.98 Å². The predicted octanol–water partition coefficient (Wildman–Crippen LogP) is 2.04. The number of nitrogens with one attached hydrogen (secondary N) is 1. The van der Waals surface area contributed by atoms with Crippen LogP contribution in [0.25, 0.3) is 0 Å². The fourth-order valence-electron chi connectivity index (χ4n) is 0.840. The Bertz CT molecular complexity index is 285. The number of aromatic nitrogens is 3. The molecular formula is C8H13ClN4. The fourth-order valence-corrected chi connectivity index (χ4v) is 1.04. The largest absolute Gasteiger partial charge is 0.349 e. The van der Waals surface area contributed by atoms with Gasteiger partial charge in [0.05, 0.1) is 0 Å². The summed E-state index contributed by atoms with van der Waals surface area (Å²) in [5.74, 6) is 1.14. The molecule has 1 N–H and O–H groups in total. The van der Waals surface area contributed by atoms with Gasteiger partial charge in [-0.05, 0) is 39.3 Å². The van der Waals surface area contributed by atoms with Crippen LogP contribution >= 0.6 is 11.6 Å². The molecule has 0 aromatic carbocycles. The molecule has 13 heavy (non-hydrogen) atoms. The maximum absolute atomic E-state index is 5.68. The smallest absolute Gasteiger partial charge is 0.227 e. The van der Waals surface area contributed by atoms with Crippen molar-refractivity contribution in [3.63, 3.8) is 0 Å². The van der Waals surface area contributed by atoms with Crippen molar-refractivity contribution in [1.29, 1.82) is 0 Å². The Kier molecular flexibility index (Phi) is 2.71. The molecule has 0 atom stereocenters. The summed E-state index contributed by atoms with van der Waals surface area (Å²) in [7, 11) is 0. The highest BCUT2D eigenvalue weighted by Crippen LogP contribution is 2.11. The molecule has 0 aliphatic carbocycles. The van der Waals surface area contributed by atoms with E-state index >= 15 is 0 Å². The Balaban J connectivity index is 2.90. The highest BCUT2D eigenvalue weighted by Gasteiger charge is 2.11. The van der Waals surface area contributed by atoms with E-state index in [-0.39, 0.29) is 10.8 Å². The van der Waals surface area contributed by atoms with E-state index in [0.29, 0.717) is 11.8 Å². The highest BCUT2D eigenvalue weighted by atomic mass is 35.5. The van der Waals surface area contributed by atoms with E-state index in [2.05, 4.69) is 20.3 Å². The van der Waals surface area contributed by atoms with Crippen LogP contribution in [0.5, 0.6) is 0 Å². The van der Waals surface area contributed by atoms with Crippen molar-refractivity contribution in [2.45, 2.75) is 33.2 Å². The SMILES string of the molecule is Cc1nc(Cl)nc(NC(C)(C)C)n1. The topological polar surface area (TPSA) is 50.7 Å². The van der Waals surface area contributed by atoms with Gasteiger partial charge < -0.3 is 5.32 Å². The van der Waals surface area contributed by atoms with Crippen LogP contribution in [0.1, 0.15) is 26.6 Å². The van der Waals surface area contributed by atoms with Gasteiger partial charge in [0, 0.05) is 5.54 Å². The summed E-state index contributed by atoms with van der Waals surface area (Å²) in [6.07, 6.45) is 0. The van der Waals surface area contributed by atoms with Crippen molar-refractivity contribution in [3.8, 4) is 0 Å². The number of rotatable bonds is 1. The Morgan fingerprint density at radius 1 is 1.15 bits per heavy atom. The number of nitrogens with zero attached hydrogens (tertiary/aromatic N) is 3. The van der Waals surface area contributed by atoms with Crippen LogP contribution in [0.2, 0.25) is 5.28 Å². The third-order valence-electron chi connectivity index (χ3n) is 1.21.